The minimum atomic E-state index is -0.885. The van der Waals surface area contributed by atoms with Gasteiger partial charge in [-0.1, -0.05) is 28.1 Å². The van der Waals surface area contributed by atoms with Crippen LogP contribution in [0.25, 0.3) is 0 Å². The Hall–Kier alpha value is -1.36. The van der Waals surface area contributed by atoms with Crippen LogP contribution in [-0.4, -0.2) is 27.9 Å². The highest BCUT2D eigenvalue weighted by atomic mass is 79.9. The molecule has 2 aliphatic rings. The zero-order chi connectivity index (χ0) is 13.6. The van der Waals surface area contributed by atoms with Crippen LogP contribution in [0.15, 0.2) is 28.7 Å². The van der Waals surface area contributed by atoms with Gasteiger partial charge in [0, 0.05) is 16.9 Å². The molecule has 1 heterocycles. The van der Waals surface area contributed by atoms with E-state index in [-0.39, 0.29) is 24.4 Å². The Bertz CT molecular complexity index is 524. The summed E-state index contributed by atoms with van der Waals surface area (Å²) in [4.78, 5) is 25.3. The van der Waals surface area contributed by atoms with Gasteiger partial charge < -0.3 is 10.0 Å². The van der Waals surface area contributed by atoms with E-state index < -0.39 is 11.9 Å². The van der Waals surface area contributed by atoms with E-state index in [4.69, 9.17) is 0 Å². The molecule has 2 fully saturated rings. The quantitative estimate of drug-likeness (QED) is 0.930. The van der Waals surface area contributed by atoms with Gasteiger partial charge in [0.15, 0.2) is 0 Å². The summed E-state index contributed by atoms with van der Waals surface area (Å²) in [6, 6.07) is 7.51. The van der Waals surface area contributed by atoms with E-state index in [0.717, 1.165) is 22.9 Å². The number of rotatable bonds is 3. The van der Waals surface area contributed by atoms with Gasteiger partial charge in [0.1, 0.15) is 0 Å². The molecule has 19 heavy (non-hydrogen) atoms. The lowest BCUT2D eigenvalue weighted by Crippen LogP contribution is -2.32. The molecule has 2 atom stereocenters. The van der Waals surface area contributed by atoms with Crippen LogP contribution in [0.2, 0.25) is 0 Å². The topological polar surface area (TPSA) is 57.6 Å². The van der Waals surface area contributed by atoms with E-state index in [9.17, 15) is 14.7 Å². The fraction of sp³-hybridized carbons (Fsp3) is 0.429. The third-order valence-electron chi connectivity index (χ3n) is 3.83. The molecule has 1 saturated heterocycles. The van der Waals surface area contributed by atoms with Crippen LogP contribution in [0, 0.1) is 5.92 Å². The summed E-state index contributed by atoms with van der Waals surface area (Å²) < 4.78 is 0.949. The molecule has 3 rings (SSSR count). The van der Waals surface area contributed by atoms with Crippen molar-refractivity contribution in [2.75, 3.05) is 0 Å². The summed E-state index contributed by atoms with van der Waals surface area (Å²) in [5.74, 6) is -1.54. The normalized spacial score (nSPS) is 26.8. The van der Waals surface area contributed by atoms with Crippen molar-refractivity contribution in [2.24, 2.45) is 5.92 Å². The maximum Gasteiger partial charge on any atom is 0.309 e. The molecule has 5 heteroatoms. The molecule has 1 aromatic rings. The Morgan fingerprint density at radius 2 is 1.89 bits per heavy atom. The van der Waals surface area contributed by atoms with Crippen LogP contribution in [0.4, 0.5) is 0 Å². The van der Waals surface area contributed by atoms with Gasteiger partial charge in [0.2, 0.25) is 5.91 Å². The number of amides is 1. The van der Waals surface area contributed by atoms with Crippen molar-refractivity contribution in [3.05, 3.63) is 34.3 Å². The first-order valence-corrected chi connectivity index (χ1v) is 7.16. The first kappa shape index (κ1) is 12.7. The Morgan fingerprint density at radius 3 is 2.42 bits per heavy atom. The fourth-order valence-corrected chi connectivity index (χ4v) is 3.08. The third kappa shape index (κ3) is 2.27. The van der Waals surface area contributed by atoms with Crippen molar-refractivity contribution in [2.45, 2.75) is 31.3 Å². The third-order valence-corrected chi connectivity index (χ3v) is 4.36. The van der Waals surface area contributed by atoms with Crippen molar-refractivity contribution in [1.29, 1.82) is 0 Å². The molecular weight excluding hydrogens is 310 g/mol. The SMILES string of the molecule is O=C(O)C1CC(=O)N(C2CC2)C1c1ccc(Br)cc1. The Balaban J connectivity index is 1.98. The molecule has 0 bridgehead atoms. The van der Waals surface area contributed by atoms with E-state index in [0.29, 0.717) is 0 Å². The minimum Gasteiger partial charge on any atom is -0.481 e. The maximum atomic E-state index is 12.1. The second-order valence-corrected chi connectivity index (χ2v) is 6.09. The smallest absolute Gasteiger partial charge is 0.309 e. The van der Waals surface area contributed by atoms with Gasteiger partial charge in [-0.2, -0.15) is 0 Å². The zero-order valence-electron chi connectivity index (χ0n) is 10.3. The zero-order valence-corrected chi connectivity index (χ0v) is 11.8. The summed E-state index contributed by atoms with van der Waals surface area (Å²) in [6.07, 6.45) is 2.10. The van der Waals surface area contributed by atoms with Crippen LogP contribution in [0.5, 0.6) is 0 Å². The second kappa shape index (κ2) is 4.63. The van der Waals surface area contributed by atoms with Crippen LogP contribution >= 0.6 is 15.9 Å². The van der Waals surface area contributed by atoms with Crippen LogP contribution in [-0.2, 0) is 9.59 Å². The highest BCUT2D eigenvalue weighted by molar-refractivity contribution is 9.10. The summed E-state index contributed by atoms with van der Waals surface area (Å²) in [5, 5.41) is 9.35. The summed E-state index contributed by atoms with van der Waals surface area (Å²) in [6.45, 7) is 0. The molecular formula is C14H14BrNO3. The molecule has 1 aliphatic heterocycles. The van der Waals surface area contributed by atoms with Crippen molar-refractivity contribution < 1.29 is 14.7 Å². The summed E-state index contributed by atoms with van der Waals surface area (Å²) in [5.41, 5.74) is 0.911. The van der Waals surface area contributed by atoms with Gasteiger partial charge in [-0.15, -0.1) is 0 Å². The van der Waals surface area contributed by atoms with E-state index in [1.165, 1.54) is 0 Å². The lowest BCUT2D eigenvalue weighted by atomic mass is 9.94. The second-order valence-electron chi connectivity index (χ2n) is 5.18. The molecule has 1 N–H and O–H groups in total. The first-order chi connectivity index (χ1) is 9.08. The van der Waals surface area contributed by atoms with Gasteiger partial charge in [-0.05, 0) is 30.5 Å². The number of halogens is 1. The Labute approximate surface area is 119 Å². The maximum absolute atomic E-state index is 12.1. The lowest BCUT2D eigenvalue weighted by molar-refractivity contribution is -0.142. The minimum absolute atomic E-state index is 0.0252. The first-order valence-electron chi connectivity index (χ1n) is 6.37. The number of carboxylic acid groups (broad SMARTS) is 1. The highest BCUT2D eigenvalue weighted by Gasteiger charge is 2.49. The Morgan fingerprint density at radius 1 is 1.26 bits per heavy atom. The van der Waals surface area contributed by atoms with E-state index in [1.54, 1.807) is 4.90 Å². The number of benzene rings is 1. The Kier molecular flexibility index (Phi) is 3.09. The molecule has 1 aliphatic carbocycles. The summed E-state index contributed by atoms with van der Waals surface area (Å²) >= 11 is 3.37. The lowest BCUT2D eigenvalue weighted by Gasteiger charge is -2.27. The van der Waals surface area contributed by atoms with E-state index in [1.807, 2.05) is 24.3 Å². The number of likely N-dealkylation sites (tertiary alicyclic amines) is 1. The molecule has 0 radical (unpaired) electrons. The van der Waals surface area contributed by atoms with E-state index >= 15 is 0 Å². The van der Waals surface area contributed by atoms with Crippen molar-refractivity contribution in [1.82, 2.24) is 4.90 Å². The average molecular weight is 324 g/mol. The fourth-order valence-electron chi connectivity index (χ4n) is 2.81. The van der Waals surface area contributed by atoms with Gasteiger partial charge in [0.05, 0.1) is 12.0 Å². The van der Waals surface area contributed by atoms with Crippen molar-refractivity contribution in [3.8, 4) is 0 Å². The van der Waals surface area contributed by atoms with E-state index in [2.05, 4.69) is 15.9 Å². The molecule has 0 spiro atoms. The standard InChI is InChI=1S/C14H14BrNO3/c15-9-3-1-8(2-4-9)13-11(14(18)19)7-12(17)16(13)10-5-6-10/h1-4,10-11,13H,5-7H2,(H,18,19). The van der Waals surface area contributed by atoms with Gasteiger partial charge in [0.25, 0.3) is 0 Å². The number of aliphatic carboxylic acids is 1. The largest absolute Gasteiger partial charge is 0.481 e. The number of carboxylic acids is 1. The highest BCUT2D eigenvalue weighted by Crippen LogP contribution is 2.45. The van der Waals surface area contributed by atoms with Gasteiger partial charge >= 0.3 is 5.97 Å². The molecule has 1 aromatic carbocycles. The van der Waals surface area contributed by atoms with Crippen LogP contribution in [0.1, 0.15) is 30.9 Å². The predicted molar refractivity (Wildman–Crippen MR) is 72.5 cm³/mol. The number of hydrogen-bond acceptors (Lipinski definition) is 2. The monoisotopic (exact) mass is 323 g/mol. The molecule has 2 unspecified atom stereocenters. The molecule has 0 aromatic heterocycles. The van der Waals surface area contributed by atoms with Gasteiger partial charge in [-0.3, -0.25) is 9.59 Å². The number of hydrogen-bond donors (Lipinski definition) is 1. The summed E-state index contributed by atoms with van der Waals surface area (Å²) in [7, 11) is 0. The number of carbonyl (C=O) groups is 2. The van der Waals surface area contributed by atoms with Crippen molar-refractivity contribution in [3.63, 3.8) is 0 Å². The van der Waals surface area contributed by atoms with Crippen LogP contribution in [0.3, 0.4) is 0 Å². The van der Waals surface area contributed by atoms with Crippen LogP contribution < -0.4 is 0 Å². The number of carbonyl (C=O) groups excluding carboxylic acids is 1. The molecule has 100 valence electrons. The van der Waals surface area contributed by atoms with Gasteiger partial charge in [-0.25, -0.2) is 0 Å². The predicted octanol–water partition coefficient (Wildman–Crippen LogP) is 2.59. The molecule has 1 amide bonds. The van der Waals surface area contributed by atoms with Crippen molar-refractivity contribution >= 4 is 27.8 Å². The average Bonchev–Trinajstić information content (AvgIpc) is 3.14. The molecule has 4 nitrogen and oxygen atoms in total. The molecule has 1 saturated carbocycles. The number of nitrogens with zero attached hydrogens (tertiary/aromatic N) is 1.